The molecule has 2 aliphatic rings. The van der Waals surface area contributed by atoms with E-state index in [0.717, 1.165) is 29.8 Å². The Kier molecular flexibility index (Phi) is 4.45. The molecular formula is C20H25N5O2. The quantitative estimate of drug-likeness (QED) is 0.894. The second kappa shape index (κ2) is 6.79. The number of amides is 1. The van der Waals surface area contributed by atoms with E-state index in [0.29, 0.717) is 17.7 Å². The number of carbonyl (C=O) groups is 1. The van der Waals surface area contributed by atoms with Gasteiger partial charge in [-0.25, -0.2) is 15.0 Å². The summed E-state index contributed by atoms with van der Waals surface area (Å²) in [6, 6.07) is 3.86. The standard InChI is InChI=1S/C20H25N5O2/c1-11-7-8-21-20(23-11)24-18-12(2)19(14-5-6-14)25(13(3)26)16-9-17(27-4)22-10-15(16)18/h7-10,12,14,18-19H,5-6H2,1-4H3,(H,21,23,24). The number of ether oxygens (including phenoxy) is 1. The van der Waals surface area contributed by atoms with Crippen LogP contribution in [0.5, 0.6) is 5.88 Å². The zero-order valence-corrected chi connectivity index (χ0v) is 16.1. The number of aromatic nitrogens is 3. The predicted octanol–water partition coefficient (Wildman–Crippen LogP) is 3.12. The molecule has 0 aromatic carbocycles. The van der Waals surface area contributed by atoms with Crippen molar-refractivity contribution in [1.82, 2.24) is 15.0 Å². The summed E-state index contributed by atoms with van der Waals surface area (Å²) in [5.41, 5.74) is 2.75. The molecule has 1 aliphatic carbocycles. The minimum absolute atomic E-state index is 0.0265. The fourth-order valence-corrected chi connectivity index (χ4v) is 4.20. The lowest BCUT2D eigenvalue weighted by atomic mass is 9.80. The molecule has 0 radical (unpaired) electrons. The van der Waals surface area contributed by atoms with Gasteiger partial charge in [0.1, 0.15) is 0 Å². The first-order valence-electron chi connectivity index (χ1n) is 9.39. The van der Waals surface area contributed by atoms with Gasteiger partial charge in [0.05, 0.1) is 18.8 Å². The smallest absolute Gasteiger partial charge is 0.224 e. The van der Waals surface area contributed by atoms with Crippen LogP contribution in [0.2, 0.25) is 0 Å². The van der Waals surface area contributed by atoms with E-state index in [-0.39, 0.29) is 23.9 Å². The second-order valence-corrected chi connectivity index (χ2v) is 7.51. The zero-order valence-electron chi connectivity index (χ0n) is 16.1. The van der Waals surface area contributed by atoms with E-state index in [1.807, 2.05) is 24.0 Å². The molecule has 142 valence electrons. The molecule has 1 saturated carbocycles. The van der Waals surface area contributed by atoms with Crippen LogP contribution in [0.25, 0.3) is 0 Å². The predicted molar refractivity (Wildman–Crippen MR) is 103 cm³/mol. The molecule has 1 fully saturated rings. The fraction of sp³-hybridized carbons (Fsp3) is 0.500. The van der Waals surface area contributed by atoms with Crippen molar-refractivity contribution in [2.45, 2.75) is 45.7 Å². The van der Waals surface area contributed by atoms with Crippen LogP contribution in [0.3, 0.4) is 0 Å². The van der Waals surface area contributed by atoms with Gasteiger partial charge in [0.15, 0.2) is 0 Å². The summed E-state index contributed by atoms with van der Waals surface area (Å²) in [7, 11) is 1.59. The lowest BCUT2D eigenvalue weighted by Crippen LogP contribution is -2.51. The first-order valence-corrected chi connectivity index (χ1v) is 9.39. The summed E-state index contributed by atoms with van der Waals surface area (Å²) >= 11 is 0. The lowest BCUT2D eigenvalue weighted by Gasteiger charge is -2.45. The Morgan fingerprint density at radius 3 is 2.74 bits per heavy atom. The Morgan fingerprint density at radius 2 is 2.11 bits per heavy atom. The van der Waals surface area contributed by atoms with Gasteiger partial charge >= 0.3 is 0 Å². The normalized spacial score (nSPS) is 24.3. The molecule has 0 saturated heterocycles. The van der Waals surface area contributed by atoms with Crippen LogP contribution in [0.15, 0.2) is 24.5 Å². The van der Waals surface area contributed by atoms with Crippen LogP contribution >= 0.6 is 0 Å². The maximum Gasteiger partial charge on any atom is 0.224 e. The van der Waals surface area contributed by atoms with Gasteiger partial charge in [-0.3, -0.25) is 4.79 Å². The van der Waals surface area contributed by atoms with Gasteiger partial charge in [0.2, 0.25) is 17.7 Å². The van der Waals surface area contributed by atoms with Gasteiger partial charge in [-0.05, 0) is 31.7 Å². The number of carbonyl (C=O) groups excluding carboxylic acids is 1. The molecule has 2 aromatic rings. The van der Waals surface area contributed by atoms with Crippen molar-refractivity contribution in [3.05, 3.63) is 35.8 Å². The summed E-state index contributed by atoms with van der Waals surface area (Å²) in [5.74, 6) is 1.89. The van der Waals surface area contributed by atoms with Crippen LogP contribution in [-0.2, 0) is 4.79 Å². The number of aryl methyl sites for hydroxylation is 1. The number of pyridine rings is 1. The maximum atomic E-state index is 12.6. The molecule has 7 heteroatoms. The number of methoxy groups -OCH3 is 1. The highest BCUT2D eigenvalue weighted by atomic mass is 16.5. The molecule has 1 aliphatic heterocycles. The molecule has 3 unspecified atom stereocenters. The summed E-state index contributed by atoms with van der Waals surface area (Å²) in [6.07, 6.45) is 5.87. The molecule has 27 heavy (non-hydrogen) atoms. The van der Waals surface area contributed by atoms with Crippen molar-refractivity contribution in [3.8, 4) is 5.88 Å². The van der Waals surface area contributed by atoms with Crippen LogP contribution in [-0.4, -0.2) is 34.0 Å². The summed E-state index contributed by atoms with van der Waals surface area (Å²) in [6.45, 7) is 5.78. The van der Waals surface area contributed by atoms with E-state index in [9.17, 15) is 4.79 Å². The van der Waals surface area contributed by atoms with E-state index in [1.54, 1.807) is 26.4 Å². The molecule has 0 spiro atoms. The van der Waals surface area contributed by atoms with E-state index < -0.39 is 0 Å². The topological polar surface area (TPSA) is 80.2 Å². The first-order chi connectivity index (χ1) is 13.0. The Hall–Kier alpha value is -2.70. The number of rotatable bonds is 4. The number of nitrogens with one attached hydrogen (secondary N) is 1. The third-order valence-electron chi connectivity index (χ3n) is 5.58. The number of fused-ring (bicyclic) bond motifs is 1. The van der Waals surface area contributed by atoms with Crippen LogP contribution in [0.4, 0.5) is 11.6 Å². The van der Waals surface area contributed by atoms with Crippen molar-refractivity contribution >= 4 is 17.5 Å². The SMILES string of the molecule is COc1cc2c(cn1)C(Nc1nccc(C)n1)C(C)C(C1CC1)N2C(C)=O. The summed E-state index contributed by atoms with van der Waals surface area (Å²) in [4.78, 5) is 27.8. The molecule has 2 aromatic heterocycles. The van der Waals surface area contributed by atoms with Crippen LogP contribution < -0.4 is 15.0 Å². The van der Waals surface area contributed by atoms with Gasteiger partial charge in [0.25, 0.3) is 0 Å². The maximum absolute atomic E-state index is 12.6. The Labute approximate surface area is 159 Å². The van der Waals surface area contributed by atoms with E-state index in [1.165, 1.54) is 0 Å². The van der Waals surface area contributed by atoms with E-state index >= 15 is 0 Å². The van der Waals surface area contributed by atoms with Gasteiger partial charge in [-0.1, -0.05) is 6.92 Å². The number of anilines is 2. The molecule has 3 heterocycles. The second-order valence-electron chi connectivity index (χ2n) is 7.51. The highest BCUT2D eigenvalue weighted by Crippen LogP contribution is 2.50. The van der Waals surface area contributed by atoms with Crippen LogP contribution in [0.1, 0.15) is 44.0 Å². The van der Waals surface area contributed by atoms with Gasteiger partial charge < -0.3 is 15.0 Å². The summed E-state index contributed by atoms with van der Waals surface area (Å²) < 4.78 is 5.32. The Morgan fingerprint density at radius 1 is 1.33 bits per heavy atom. The van der Waals surface area contributed by atoms with Gasteiger partial charge in [-0.15, -0.1) is 0 Å². The van der Waals surface area contributed by atoms with Crippen LogP contribution in [0, 0.1) is 18.8 Å². The average molecular weight is 367 g/mol. The Bertz CT molecular complexity index is 867. The van der Waals surface area contributed by atoms with Gasteiger partial charge in [-0.2, -0.15) is 0 Å². The molecule has 1 amide bonds. The lowest BCUT2D eigenvalue weighted by molar-refractivity contribution is -0.117. The van der Waals surface area contributed by atoms with E-state index in [4.69, 9.17) is 4.74 Å². The summed E-state index contributed by atoms with van der Waals surface area (Å²) in [5, 5.41) is 3.50. The molecule has 4 rings (SSSR count). The third kappa shape index (κ3) is 3.22. The largest absolute Gasteiger partial charge is 0.481 e. The molecule has 0 bridgehead atoms. The fourth-order valence-electron chi connectivity index (χ4n) is 4.20. The minimum Gasteiger partial charge on any atom is -0.481 e. The minimum atomic E-state index is -0.0265. The number of nitrogens with zero attached hydrogens (tertiary/aromatic N) is 4. The van der Waals surface area contributed by atoms with Crippen molar-refractivity contribution in [1.29, 1.82) is 0 Å². The van der Waals surface area contributed by atoms with Crippen molar-refractivity contribution in [2.75, 3.05) is 17.3 Å². The van der Waals surface area contributed by atoms with E-state index in [2.05, 4.69) is 27.2 Å². The van der Waals surface area contributed by atoms with Crippen molar-refractivity contribution in [3.63, 3.8) is 0 Å². The molecule has 1 N–H and O–H groups in total. The Balaban J connectivity index is 1.80. The third-order valence-corrected chi connectivity index (χ3v) is 5.58. The van der Waals surface area contributed by atoms with Crippen molar-refractivity contribution in [2.24, 2.45) is 11.8 Å². The zero-order chi connectivity index (χ0) is 19.1. The molecule has 7 nitrogen and oxygen atoms in total. The average Bonchev–Trinajstić information content (AvgIpc) is 3.47. The molecular weight excluding hydrogens is 342 g/mol. The molecule has 3 atom stereocenters. The van der Waals surface area contributed by atoms with Gasteiger partial charge in [0, 0.05) is 48.6 Å². The number of hydrogen-bond donors (Lipinski definition) is 1. The first kappa shape index (κ1) is 17.7. The highest BCUT2D eigenvalue weighted by Gasteiger charge is 2.48. The highest BCUT2D eigenvalue weighted by molar-refractivity contribution is 5.94. The number of hydrogen-bond acceptors (Lipinski definition) is 6. The monoisotopic (exact) mass is 367 g/mol. The van der Waals surface area contributed by atoms with Crippen molar-refractivity contribution < 1.29 is 9.53 Å².